The van der Waals surface area contributed by atoms with Gasteiger partial charge in [0, 0.05) is 0 Å². The zero-order chi connectivity index (χ0) is 26.4. The van der Waals surface area contributed by atoms with Gasteiger partial charge in [-0.2, -0.15) is 0 Å². The van der Waals surface area contributed by atoms with Crippen molar-refractivity contribution in [3.8, 4) is 0 Å². The van der Waals surface area contributed by atoms with E-state index in [-0.39, 0.29) is 0 Å². The second-order valence-corrected chi connectivity index (χ2v) is 56.9. The Balaban J connectivity index is 2.40. The van der Waals surface area contributed by atoms with Crippen LogP contribution in [-0.2, 0) is 0 Å². The molecule has 0 radical (unpaired) electrons. The fourth-order valence-corrected chi connectivity index (χ4v) is 120. The summed E-state index contributed by atoms with van der Waals surface area (Å²) in [5.41, 5.74) is 6.52. The fraction of sp³-hybridized carbons (Fsp3) is 0.533. The minimum atomic E-state index is -2.85. The van der Waals surface area contributed by atoms with E-state index in [2.05, 4.69) is 139 Å². The molecule has 0 bridgehead atoms. The van der Waals surface area contributed by atoms with Crippen LogP contribution in [0.25, 0.3) is 11.1 Å². The van der Waals surface area contributed by atoms with Crippen molar-refractivity contribution in [3.05, 3.63) is 71.8 Å². The van der Waals surface area contributed by atoms with E-state index in [0.717, 1.165) is 6.36 Å². The van der Waals surface area contributed by atoms with E-state index in [1.54, 1.807) is 11.1 Å². The van der Waals surface area contributed by atoms with Gasteiger partial charge >= 0.3 is 227 Å². The van der Waals surface area contributed by atoms with Gasteiger partial charge in [-0.05, 0) is 0 Å². The second kappa shape index (κ2) is 10.2. The Kier molecular flexibility index (Phi) is 8.57. The van der Waals surface area contributed by atoms with Crippen LogP contribution in [0.1, 0.15) is 11.1 Å². The SMILES string of the molecule is C[Si](C)(C)[CH]([Si](C)(C)C)[Sn]1([CH]([Si](C)(C)C)[Si](C)(C)C)[CH2]C(c2ccccc2)=C(c2ccccc2)[CH2]1. The zero-order valence-electron chi connectivity index (χ0n) is 24.8. The fourth-order valence-electron chi connectivity index (χ4n) is 9.39. The van der Waals surface area contributed by atoms with Crippen molar-refractivity contribution in [2.45, 2.75) is 93.8 Å². The van der Waals surface area contributed by atoms with Gasteiger partial charge in [-0.3, -0.25) is 0 Å². The molecule has 0 unspecified atom stereocenters. The van der Waals surface area contributed by atoms with Gasteiger partial charge in [0.25, 0.3) is 0 Å². The molecule has 0 fully saturated rings. The number of benzene rings is 2. The van der Waals surface area contributed by atoms with Crippen molar-refractivity contribution in [2.75, 3.05) is 0 Å². The molecular weight excluding hydrogens is 591 g/mol. The van der Waals surface area contributed by atoms with Gasteiger partial charge in [-0.15, -0.1) is 0 Å². The van der Waals surface area contributed by atoms with E-state index in [4.69, 9.17) is 0 Å². The third-order valence-electron chi connectivity index (χ3n) is 8.23. The van der Waals surface area contributed by atoms with Crippen LogP contribution in [0.15, 0.2) is 60.7 Å². The van der Waals surface area contributed by atoms with Crippen LogP contribution in [0.4, 0.5) is 0 Å². The van der Waals surface area contributed by atoms with Crippen LogP contribution in [0.5, 0.6) is 0 Å². The molecule has 2 aromatic rings. The third-order valence-corrected chi connectivity index (χ3v) is 83.0. The van der Waals surface area contributed by atoms with Gasteiger partial charge in [-0.1, -0.05) is 0 Å². The molecule has 0 saturated heterocycles. The van der Waals surface area contributed by atoms with Crippen molar-refractivity contribution in [2.24, 2.45) is 0 Å². The number of rotatable bonds is 8. The Morgan fingerprint density at radius 3 is 0.943 bits per heavy atom. The van der Waals surface area contributed by atoms with E-state index in [9.17, 15) is 0 Å². The summed E-state index contributed by atoms with van der Waals surface area (Å²) in [4.78, 5) is 0. The average molecular weight is 644 g/mol. The topological polar surface area (TPSA) is 0 Å². The monoisotopic (exact) mass is 644 g/mol. The first-order chi connectivity index (χ1) is 15.9. The van der Waals surface area contributed by atoms with Crippen molar-refractivity contribution in [1.82, 2.24) is 0 Å². The van der Waals surface area contributed by atoms with Crippen LogP contribution in [0, 0.1) is 0 Å². The Morgan fingerprint density at radius 2 is 0.714 bits per heavy atom. The molecule has 1 aliphatic rings. The Hall–Kier alpha value is -0.154. The molecule has 1 aliphatic heterocycles. The van der Waals surface area contributed by atoms with Gasteiger partial charge in [0.15, 0.2) is 0 Å². The second-order valence-electron chi connectivity index (χ2n) is 15.6. The summed E-state index contributed by atoms with van der Waals surface area (Å²) >= 11 is -2.85. The summed E-state index contributed by atoms with van der Waals surface area (Å²) < 4.78 is 5.18. The van der Waals surface area contributed by atoms with Crippen molar-refractivity contribution >= 4 is 61.8 Å². The van der Waals surface area contributed by atoms with Gasteiger partial charge in [-0.25, -0.2) is 0 Å². The molecule has 0 atom stereocenters. The van der Waals surface area contributed by atoms with Gasteiger partial charge in [0.05, 0.1) is 0 Å². The molecule has 35 heavy (non-hydrogen) atoms. The van der Waals surface area contributed by atoms with Crippen LogP contribution in [0.2, 0.25) is 93.8 Å². The Bertz CT molecular complexity index is 919. The van der Waals surface area contributed by atoms with Crippen LogP contribution < -0.4 is 0 Å². The van der Waals surface area contributed by atoms with E-state index >= 15 is 0 Å². The molecule has 0 aliphatic carbocycles. The van der Waals surface area contributed by atoms with E-state index in [1.807, 2.05) is 0 Å². The average Bonchev–Trinajstić information content (AvgIpc) is 3.04. The minimum absolute atomic E-state index is 1.10. The number of hydrogen-bond donors (Lipinski definition) is 0. The number of allylic oxidation sites excluding steroid dienone is 2. The zero-order valence-corrected chi connectivity index (χ0v) is 31.7. The summed E-state index contributed by atoms with van der Waals surface area (Å²) in [6.45, 7) is 33.0. The van der Waals surface area contributed by atoms with E-state index in [1.165, 1.54) is 20.0 Å². The molecular formula is C30H52Si4Sn. The Morgan fingerprint density at radius 1 is 0.457 bits per heavy atom. The predicted molar refractivity (Wildman–Crippen MR) is 176 cm³/mol. The normalized spacial score (nSPS) is 17.5. The van der Waals surface area contributed by atoms with Crippen molar-refractivity contribution in [3.63, 3.8) is 0 Å². The molecule has 0 spiro atoms. The molecule has 0 saturated carbocycles. The van der Waals surface area contributed by atoms with Crippen molar-refractivity contribution in [1.29, 1.82) is 0 Å². The van der Waals surface area contributed by atoms with Crippen LogP contribution in [-0.4, -0.2) is 50.7 Å². The molecule has 1 heterocycles. The van der Waals surface area contributed by atoms with Gasteiger partial charge < -0.3 is 0 Å². The summed E-state index contributed by atoms with van der Waals surface area (Å²) in [7, 11) is -5.47. The van der Waals surface area contributed by atoms with Crippen LogP contribution >= 0.6 is 0 Å². The van der Waals surface area contributed by atoms with Gasteiger partial charge in [0.1, 0.15) is 0 Å². The first kappa shape index (κ1) is 29.4. The molecule has 0 amide bonds. The molecule has 2 aromatic carbocycles. The standard InChI is InChI=1S/C16H14.2C7H19Si2.Sn/c1-13(15-9-5-3-6-10-15)14(2)16-11-7-4-8-12-16;2*1-8(2,3)7-9(4,5)6;/h3-12H,1-2H2;2*7H,1-6H3;. The maximum atomic E-state index is 2.75. The quantitative estimate of drug-likeness (QED) is 0.251. The molecule has 0 aromatic heterocycles. The summed E-state index contributed by atoms with van der Waals surface area (Å²) in [6, 6.07) is 23.1. The molecule has 0 N–H and O–H groups in total. The van der Waals surface area contributed by atoms with E-state index in [0.29, 0.717) is 0 Å². The molecule has 3 rings (SSSR count). The first-order valence-corrected chi connectivity index (χ1v) is 35.4. The third kappa shape index (κ3) is 6.29. The first-order valence-electron chi connectivity index (χ1n) is 13.7. The van der Waals surface area contributed by atoms with Crippen LogP contribution in [0.3, 0.4) is 0 Å². The molecule has 192 valence electrons. The maximum absolute atomic E-state index is 2.85. The van der Waals surface area contributed by atoms with Gasteiger partial charge in [0.2, 0.25) is 0 Å². The Labute approximate surface area is 226 Å². The summed E-state index contributed by atoms with van der Waals surface area (Å²) in [5.74, 6) is 0. The molecule has 0 nitrogen and oxygen atoms in total. The summed E-state index contributed by atoms with van der Waals surface area (Å²) in [5, 5.41) is 0. The molecule has 5 heteroatoms. The van der Waals surface area contributed by atoms with Crippen molar-refractivity contribution < 1.29 is 0 Å². The van der Waals surface area contributed by atoms with E-state index < -0.39 is 50.7 Å². The number of hydrogen-bond acceptors (Lipinski definition) is 0. The predicted octanol–water partition coefficient (Wildman–Crippen LogP) is 10.3. The summed E-state index contributed by atoms with van der Waals surface area (Å²) in [6.07, 6.45) is 0.